The Bertz CT molecular complexity index is 1280. The highest BCUT2D eigenvalue weighted by molar-refractivity contribution is 5.91. The van der Waals surface area contributed by atoms with Gasteiger partial charge in [0.25, 0.3) is 0 Å². The summed E-state index contributed by atoms with van der Waals surface area (Å²) >= 11 is 0. The molecule has 0 aliphatic heterocycles. The number of nitrogens with zero attached hydrogens (tertiary/aromatic N) is 3. The van der Waals surface area contributed by atoms with Crippen LogP contribution in [0.3, 0.4) is 0 Å². The Labute approximate surface area is 328 Å². The summed E-state index contributed by atoms with van der Waals surface area (Å²) in [6, 6.07) is -1.24. The second kappa shape index (κ2) is 21.6. The van der Waals surface area contributed by atoms with Crippen molar-refractivity contribution >= 4 is 41.5 Å². The maximum atomic E-state index is 13.9. The first-order chi connectivity index (χ1) is 24.7. The van der Waals surface area contributed by atoms with Crippen LogP contribution in [0.1, 0.15) is 110 Å². The number of methoxy groups -OCH3 is 1. The Balaban J connectivity index is 6.93. The summed E-state index contributed by atoms with van der Waals surface area (Å²) < 4.78 is 27.2. The first-order valence-electron chi connectivity index (χ1n) is 18.6. The molecule has 318 valence electrons. The molecular weight excluding hydrogens is 716 g/mol. The lowest BCUT2D eigenvalue weighted by molar-refractivity contribution is -0.165. The van der Waals surface area contributed by atoms with Gasteiger partial charge in [0.15, 0.2) is 5.78 Å². The number of ketones is 1. The number of carbonyl (C=O) groups is 7. The summed E-state index contributed by atoms with van der Waals surface area (Å²) in [5, 5.41) is 2.61. The average Bonchev–Trinajstić information content (AvgIpc) is 2.94. The van der Waals surface area contributed by atoms with Crippen molar-refractivity contribution in [2.45, 2.75) is 139 Å². The molecule has 0 spiro atoms. The summed E-state index contributed by atoms with van der Waals surface area (Å²) in [5.74, 6) is -3.99. The molecule has 16 nitrogen and oxygen atoms in total. The van der Waals surface area contributed by atoms with Gasteiger partial charge in [-0.2, -0.15) is 0 Å². The van der Waals surface area contributed by atoms with E-state index < -0.39 is 76.0 Å². The SMILES string of the molecule is COC(=O)CN(CCN(CCN(CC(=O)OC(C)(C)C)CC(=O)OC(C)(C)C)[C@@H](CC(=O)NCC(=O)C(C)(C)C)C(=O)OC(C)(C)C)CC(=O)OC(C)(C)C. The van der Waals surface area contributed by atoms with Gasteiger partial charge in [-0.25, -0.2) is 0 Å². The molecule has 0 aliphatic rings. The van der Waals surface area contributed by atoms with Gasteiger partial charge in [0.05, 0.1) is 46.3 Å². The van der Waals surface area contributed by atoms with Crippen molar-refractivity contribution in [1.29, 1.82) is 0 Å². The van der Waals surface area contributed by atoms with E-state index in [0.29, 0.717) is 0 Å². The van der Waals surface area contributed by atoms with E-state index in [1.165, 1.54) is 16.9 Å². The summed E-state index contributed by atoms with van der Waals surface area (Å²) in [6.07, 6.45) is -0.423. The topological polar surface area (TPSA) is 187 Å². The van der Waals surface area contributed by atoms with Crippen LogP contribution in [0.25, 0.3) is 0 Å². The number of rotatable bonds is 20. The third-order valence-electron chi connectivity index (χ3n) is 7.09. The highest BCUT2D eigenvalue weighted by Gasteiger charge is 2.35. The van der Waals surface area contributed by atoms with Crippen LogP contribution in [0.15, 0.2) is 0 Å². The zero-order chi connectivity index (χ0) is 43.2. The standard InChI is InChI=1S/C39H70N4O12/c1-35(2,3)28(44)22-40-29(45)21-27(34(50)55-39(13,14)15)43(19-17-41(23-30(46)51-16)24-31(47)52-36(4,5)6)20-18-42(25-32(48)53-37(7,8)9)26-33(49)54-38(10,11)12/h27H,17-26H2,1-16H3,(H,40,45)/t27-/m0/s1. The maximum absolute atomic E-state index is 13.9. The number of hydrogen-bond acceptors (Lipinski definition) is 15. The van der Waals surface area contributed by atoms with E-state index in [1.807, 2.05) is 0 Å². The number of esters is 5. The zero-order valence-corrected chi connectivity index (χ0v) is 36.4. The van der Waals surface area contributed by atoms with Gasteiger partial charge in [-0.05, 0) is 83.1 Å². The minimum atomic E-state index is -1.24. The van der Waals surface area contributed by atoms with Gasteiger partial charge in [-0.3, -0.25) is 48.3 Å². The first kappa shape index (κ1) is 51.4. The van der Waals surface area contributed by atoms with Crippen molar-refractivity contribution in [2.75, 3.05) is 66.0 Å². The monoisotopic (exact) mass is 786 g/mol. The molecule has 0 aromatic carbocycles. The van der Waals surface area contributed by atoms with Gasteiger partial charge in [-0.1, -0.05) is 20.8 Å². The van der Waals surface area contributed by atoms with Gasteiger partial charge in [0.1, 0.15) is 28.4 Å². The van der Waals surface area contributed by atoms with Gasteiger partial charge in [0.2, 0.25) is 5.91 Å². The molecule has 0 aliphatic carbocycles. The smallest absolute Gasteiger partial charge is 0.324 e. The van der Waals surface area contributed by atoms with Crippen LogP contribution >= 0.6 is 0 Å². The molecule has 1 amide bonds. The molecule has 0 bridgehead atoms. The summed E-state index contributed by atoms with van der Waals surface area (Å²) in [4.78, 5) is 95.8. The number of carbonyl (C=O) groups excluding carboxylic acids is 7. The van der Waals surface area contributed by atoms with Crippen molar-refractivity contribution < 1.29 is 57.2 Å². The maximum Gasteiger partial charge on any atom is 0.324 e. The van der Waals surface area contributed by atoms with Gasteiger partial charge in [0, 0.05) is 31.6 Å². The molecule has 55 heavy (non-hydrogen) atoms. The lowest BCUT2D eigenvalue weighted by Gasteiger charge is -2.35. The minimum Gasteiger partial charge on any atom is -0.468 e. The Hall–Kier alpha value is -3.63. The molecule has 0 saturated heterocycles. The Morgan fingerprint density at radius 2 is 0.855 bits per heavy atom. The van der Waals surface area contributed by atoms with Crippen LogP contribution in [-0.4, -0.2) is 151 Å². The Morgan fingerprint density at radius 3 is 1.16 bits per heavy atom. The Morgan fingerprint density at radius 1 is 0.509 bits per heavy atom. The molecule has 0 aromatic heterocycles. The van der Waals surface area contributed by atoms with Crippen LogP contribution in [-0.2, 0) is 57.2 Å². The summed E-state index contributed by atoms with van der Waals surface area (Å²) in [7, 11) is 1.21. The normalized spacial score (nSPS) is 13.3. The number of amides is 1. The number of nitrogens with one attached hydrogen (secondary N) is 1. The fraction of sp³-hybridized carbons (Fsp3) is 0.821. The molecule has 0 radical (unpaired) electrons. The predicted molar refractivity (Wildman–Crippen MR) is 206 cm³/mol. The Kier molecular flexibility index (Phi) is 20.2. The first-order valence-corrected chi connectivity index (χ1v) is 18.6. The second-order valence-electron chi connectivity index (χ2n) is 18.5. The molecular formula is C39H70N4O12. The van der Waals surface area contributed by atoms with E-state index in [1.54, 1.807) is 109 Å². The number of Topliss-reactive ketones (excluding diaryl/α,β-unsaturated/α-hetero) is 1. The quantitative estimate of drug-likeness (QED) is 0.140. The van der Waals surface area contributed by atoms with Crippen molar-refractivity contribution in [3.63, 3.8) is 0 Å². The highest BCUT2D eigenvalue weighted by Crippen LogP contribution is 2.17. The van der Waals surface area contributed by atoms with Crippen molar-refractivity contribution in [2.24, 2.45) is 5.41 Å². The van der Waals surface area contributed by atoms with Crippen molar-refractivity contribution in [3.8, 4) is 0 Å². The van der Waals surface area contributed by atoms with E-state index in [-0.39, 0.29) is 64.7 Å². The average molecular weight is 787 g/mol. The van der Waals surface area contributed by atoms with Crippen LogP contribution in [0, 0.1) is 5.41 Å². The lowest BCUT2D eigenvalue weighted by Crippen LogP contribution is -2.53. The zero-order valence-electron chi connectivity index (χ0n) is 36.4. The van der Waals surface area contributed by atoms with E-state index in [9.17, 15) is 33.6 Å². The summed E-state index contributed by atoms with van der Waals surface area (Å²) in [6.45, 7) is 24.2. The lowest BCUT2D eigenvalue weighted by atomic mass is 9.91. The van der Waals surface area contributed by atoms with E-state index >= 15 is 0 Å². The van der Waals surface area contributed by atoms with Gasteiger partial charge >= 0.3 is 29.8 Å². The van der Waals surface area contributed by atoms with E-state index in [4.69, 9.17) is 23.7 Å². The van der Waals surface area contributed by atoms with Gasteiger partial charge < -0.3 is 29.0 Å². The van der Waals surface area contributed by atoms with Crippen LogP contribution < -0.4 is 5.32 Å². The third-order valence-corrected chi connectivity index (χ3v) is 7.09. The molecule has 1 atom stereocenters. The minimum absolute atomic E-state index is 0.00494. The molecule has 1 N–H and O–H groups in total. The van der Waals surface area contributed by atoms with Crippen molar-refractivity contribution in [3.05, 3.63) is 0 Å². The third kappa shape index (κ3) is 26.0. The molecule has 0 heterocycles. The molecule has 0 saturated carbocycles. The predicted octanol–water partition coefficient (Wildman–Crippen LogP) is 2.92. The molecule has 0 rings (SSSR count). The van der Waals surface area contributed by atoms with E-state index in [2.05, 4.69) is 5.32 Å². The fourth-order valence-corrected chi connectivity index (χ4v) is 4.73. The van der Waals surface area contributed by atoms with Crippen molar-refractivity contribution in [1.82, 2.24) is 20.0 Å². The molecule has 0 aromatic rings. The highest BCUT2D eigenvalue weighted by atomic mass is 16.6. The molecule has 0 fully saturated rings. The largest absolute Gasteiger partial charge is 0.468 e. The van der Waals surface area contributed by atoms with E-state index in [0.717, 1.165) is 0 Å². The van der Waals surface area contributed by atoms with Crippen LogP contribution in [0.5, 0.6) is 0 Å². The van der Waals surface area contributed by atoms with Crippen LogP contribution in [0.4, 0.5) is 0 Å². The van der Waals surface area contributed by atoms with Gasteiger partial charge in [-0.15, -0.1) is 0 Å². The van der Waals surface area contributed by atoms with Crippen LogP contribution in [0.2, 0.25) is 0 Å². The number of ether oxygens (including phenoxy) is 5. The molecule has 0 unspecified atom stereocenters. The fourth-order valence-electron chi connectivity index (χ4n) is 4.73. The number of hydrogen-bond donors (Lipinski definition) is 1. The summed E-state index contributed by atoms with van der Waals surface area (Å²) in [5.41, 5.74) is -4.07. The molecule has 16 heteroatoms. The second-order valence-corrected chi connectivity index (χ2v) is 18.5.